The van der Waals surface area contributed by atoms with Crippen LogP contribution in [0.25, 0.3) is 11.3 Å². The Bertz CT molecular complexity index is 1760. The molecule has 2 aliphatic rings. The van der Waals surface area contributed by atoms with Crippen molar-refractivity contribution in [3.8, 4) is 11.3 Å². The van der Waals surface area contributed by atoms with Crippen molar-refractivity contribution < 1.29 is 22.8 Å². The van der Waals surface area contributed by atoms with Gasteiger partial charge < -0.3 is 11.1 Å². The van der Waals surface area contributed by atoms with Crippen molar-refractivity contribution in [1.29, 1.82) is 0 Å². The zero-order chi connectivity index (χ0) is 29.7. The molecule has 6 rings (SSSR count). The average Bonchev–Trinajstić information content (AvgIpc) is 3.50. The lowest BCUT2D eigenvalue weighted by Gasteiger charge is -2.18. The second-order valence-corrected chi connectivity index (χ2v) is 10.2. The number of carbonyl (C=O) groups excluding carboxylic acids is 2. The molecule has 15 heteroatoms. The molecule has 0 unspecified atom stereocenters. The lowest BCUT2D eigenvalue weighted by Crippen LogP contribution is -2.28. The number of aromatic nitrogens is 6. The minimum absolute atomic E-state index is 0.0578. The number of amides is 2. The smallest absolute Gasteiger partial charge is 0.275 e. The number of nitrogens with two attached hydrogens (primary N) is 1. The predicted octanol–water partition coefficient (Wildman–Crippen LogP) is 4.45. The molecule has 3 atom stereocenters. The highest BCUT2D eigenvalue weighted by atomic mass is 35.5. The van der Waals surface area contributed by atoms with Crippen molar-refractivity contribution in [2.24, 2.45) is 11.8 Å². The van der Waals surface area contributed by atoms with E-state index in [0.29, 0.717) is 12.1 Å². The Morgan fingerprint density at radius 3 is 2.62 bits per heavy atom. The summed E-state index contributed by atoms with van der Waals surface area (Å²) in [6.07, 6.45) is 7.48. The predicted molar refractivity (Wildman–Crippen MR) is 146 cm³/mol. The molecule has 11 nitrogen and oxygen atoms in total. The normalized spacial score (nSPS) is 18.2. The van der Waals surface area contributed by atoms with E-state index in [1.54, 1.807) is 6.92 Å². The lowest BCUT2D eigenvalue weighted by molar-refractivity contribution is -0.119. The summed E-state index contributed by atoms with van der Waals surface area (Å²) in [6, 6.07) is 1.57. The second kappa shape index (κ2) is 10.5. The molecule has 0 bridgehead atoms. The van der Waals surface area contributed by atoms with Crippen molar-refractivity contribution >= 4 is 40.9 Å². The summed E-state index contributed by atoms with van der Waals surface area (Å²) < 4.78 is 43.3. The van der Waals surface area contributed by atoms with E-state index in [4.69, 9.17) is 17.3 Å². The molecule has 4 heterocycles. The number of halogens is 4. The third kappa shape index (κ3) is 4.72. The Labute approximate surface area is 241 Å². The maximum absolute atomic E-state index is 14.7. The van der Waals surface area contributed by atoms with Gasteiger partial charge in [-0.15, -0.1) is 0 Å². The maximum Gasteiger partial charge on any atom is 0.275 e. The van der Waals surface area contributed by atoms with Gasteiger partial charge in [-0.1, -0.05) is 29.8 Å². The van der Waals surface area contributed by atoms with Gasteiger partial charge in [0.25, 0.3) is 12.3 Å². The highest BCUT2D eigenvalue weighted by Crippen LogP contribution is 2.37. The van der Waals surface area contributed by atoms with Crippen LogP contribution in [0.3, 0.4) is 0 Å². The van der Waals surface area contributed by atoms with Crippen LogP contribution in [0.15, 0.2) is 55.3 Å². The van der Waals surface area contributed by atoms with Crippen molar-refractivity contribution in [3.63, 3.8) is 0 Å². The zero-order valence-electron chi connectivity index (χ0n) is 21.7. The van der Waals surface area contributed by atoms with E-state index >= 15 is 0 Å². The van der Waals surface area contributed by atoms with E-state index < -0.39 is 35.3 Å². The third-order valence-corrected chi connectivity index (χ3v) is 7.53. The Kier molecular flexibility index (Phi) is 6.85. The number of anilines is 3. The molecule has 0 saturated carbocycles. The fourth-order valence-electron chi connectivity index (χ4n) is 4.88. The van der Waals surface area contributed by atoms with Gasteiger partial charge in [-0.3, -0.25) is 24.2 Å². The fraction of sp³-hybridized carbons (Fsp3) is 0.222. The number of carbonyl (C=O) groups is 2. The fourth-order valence-corrected chi connectivity index (χ4v) is 5.04. The SMILES string of the molecule is C[C@@H](c1cnc(N2C[C@H]3C=C[C@H]3C2=O)nc1N)n1cc(NC(=O)c2cncc(-c3c(C(F)F)ccc(Cl)c3F)n2)cn1. The molecule has 1 aliphatic carbocycles. The summed E-state index contributed by atoms with van der Waals surface area (Å²) in [5.41, 5.74) is 5.35. The van der Waals surface area contributed by atoms with Crippen LogP contribution in [0, 0.1) is 17.7 Å². The van der Waals surface area contributed by atoms with Gasteiger partial charge in [-0.2, -0.15) is 10.1 Å². The Balaban J connectivity index is 1.18. The number of alkyl halides is 2. The van der Waals surface area contributed by atoms with E-state index in [-0.39, 0.29) is 51.6 Å². The summed E-state index contributed by atoms with van der Waals surface area (Å²) in [5.74, 6) is -1.44. The van der Waals surface area contributed by atoms with Gasteiger partial charge in [0.2, 0.25) is 11.9 Å². The first-order valence-corrected chi connectivity index (χ1v) is 13.1. The van der Waals surface area contributed by atoms with Gasteiger partial charge in [0.05, 0.1) is 47.0 Å². The topological polar surface area (TPSA) is 145 Å². The molecule has 1 aliphatic heterocycles. The van der Waals surface area contributed by atoms with Gasteiger partial charge in [-0.25, -0.2) is 23.1 Å². The van der Waals surface area contributed by atoms with E-state index in [1.165, 1.54) is 28.2 Å². The number of nitrogens with zero attached hydrogens (tertiary/aromatic N) is 7. The first-order valence-electron chi connectivity index (χ1n) is 12.7. The number of fused-ring (bicyclic) bond motifs is 1. The van der Waals surface area contributed by atoms with Gasteiger partial charge in [0.1, 0.15) is 11.5 Å². The van der Waals surface area contributed by atoms with Crippen molar-refractivity contribution in [3.05, 3.63) is 82.9 Å². The minimum atomic E-state index is -3.01. The summed E-state index contributed by atoms with van der Waals surface area (Å²) in [6.45, 7) is 2.30. The van der Waals surface area contributed by atoms with Crippen molar-refractivity contribution in [1.82, 2.24) is 29.7 Å². The molecule has 42 heavy (non-hydrogen) atoms. The summed E-state index contributed by atoms with van der Waals surface area (Å²) >= 11 is 5.80. The molecule has 1 aromatic carbocycles. The van der Waals surface area contributed by atoms with Crippen LogP contribution in [0.2, 0.25) is 5.02 Å². The molecule has 214 valence electrons. The maximum atomic E-state index is 14.7. The molecular weight excluding hydrogens is 575 g/mol. The third-order valence-electron chi connectivity index (χ3n) is 7.24. The minimum Gasteiger partial charge on any atom is -0.383 e. The quantitative estimate of drug-likeness (QED) is 0.298. The molecule has 3 aromatic heterocycles. The molecule has 0 radical (unpaired) electrons. The molecule has 1 fully saturated rings. The summed E-state index contributed by atoms with van der Waals surface area (Å²) in [4.78, 5) is 43.6. The highest BCUT2D eigenvalue weighted by molar-refractivity contribution is 6.31. The van der Waals surface area contributed by atoms with E-state index in [1.807, 2.05) is 12.2 Å². The number of rotatable bonds is 7. The number of hydrogen-bond acceptors (Lipinski definition) is 8. The highest BCUT2D eigenvalue weighted by Gasteiger charge is 2.43. The lowest BCUT2D eigenvalue weighted by atomic mass is 9.85. The molecule has 4 aromatic rings. The standard InChI is InChI=1S/C27H21ClF3N9O2/c1-12(17-7-34-27(38-24(17)32)39-10-13-2-3-15(13)26(39)42)40-11-14(6-35-40)36-25(41)20-9-33-8-19(37-20)21-16(23(30)31)4-5-18(28)22(21)29/h2-9,11-13,15,23H,10H2,1H3,(H,36,41)(H2,32,34,38)/t12-,13+,15+/m0/s1. The van der Waals surface area contributed by atoms with Crippen LogP contribution in [-0.4, -0.2) is 48.1 Å². The first kappa shape index (κ1) is 27.3. The van der Waals surface area contributed by atoms with Gasteiger partial charge in [-0.05, 0) is 13.0 Å². The largest absolute Gasteiger partial charge is 0.383 e. The number of nitrogens with one attached hydrogen (secondary N) is 1. The van der Waals surface area contributed by atoms with Gasteiger partial charge >= 0.3 is 0 Å². The summed E-state index contributed by atoms with van der Waals surface area (Å²) in [5, 5.41) is 6.50. The first-order chi connectivity index (χ1) is 20.1. The summed E-state index contributed by atoms with van der Waals surface area (Å²) in [7, 11) is 0. The van der Waals surface area contributed by atoms with E-state index in [9.17, 15) is 22.8 Å². The molecular formula is C27H21ClF3N9O2. The van der Waals surface area contributed by atoms with Crippen LogP contribution < -0.4 is 16.0 Å². The van der Waals surface area contributed by atoms with Crippen LogP contribution in [0.1, 0.15) is 41.0 Å². The van der Waals surface area contributed by atoms with Crippen LogP contribution in [0.5, 0.6) is 0 Å². The van der Waals surface area contributed by atoms with Crippen LogP contribution in [0.4, 0.5) is 30.6 Å². The Morgan fingerprint density at radius 2 is 1.95 bits per heavy atom. The Hall–Kier alpha value is -4.85. The van der Waals surface area contributed by atoms with Gasteiger partial charge in [0.15, 0.2) is 5.82 Å². The monoisotopic (exact) mass is 595 g/mol. The molecule has 0 spiro atoms. The molecule has 3 N–H and O–H groups in total. The van der Waals surface area contributed by atoms with Crippen molar-refractivity contribution in [2.75, 3.05) is 22.5 Å². The molecule has 1 saturated heterocycles. The van der Waals surface area contributed by atoms with E-state index in [2.05, 4.69) is 30.4 Å². The number of benzene rings is 1. The van der Waals surface area contributed by atoms with Gasteiger partial charge in [0, 0.05) is 41.5 Å². The second-order valence-electron chi connectivity index (χ2n) is 9.79. The Morgan fingerprint density at radius 1 is 1.14 bits per heavy atom. The van der Waals surface area contributed by atoms with E-state index in [0.717, 1.165) is 24.5 Å². The number of nitrogen functional groups attached to an aromatic ring is 1. The van der Waals surface area contributed by atoms with Crippen LogP contribution >= 0.6 is 11.6 Å². The average molecular weight is 596 g/mol. The molecule has 2 amide bonds. The van der Waals surface area contributed by atoms with Crippen molar-refractivity contribution in [2.45, 2.75) is 19.4 Å². The number of hydrogen-bond donors (Lipinski definition) is 2. The zero-order valence-corrected chi connectivity index (χ0v) is 22.5. The van der Waals surface area contributed by atoms with Crippen LogP contribution in [-0.2, 0) is 4.79 Å².